The van der Waals surface area contributed by atoms with Gasteiger partial charge in [-0.1, -0.05) is 27.2 Å². The largest absolute Gasteiger partial charge is 0.382 e. The number of nitrogens with two attached hydrogens (primary N) is 1. The van der Waals surface area contributed by atoms with Gasteiger partial charge in [0, 0.05) is 6.54 Å². The second kappa shape index (κ2) is 6.78. The summed E-state index contributed by atoms with van der Waals surface area (Å²) >= 11 is 5.04. The average molecular weight is 295 g/mol. The van der Waals surface area contributed by atoms with Crippen molar-refractivity contribution in [2.24, 2.45) is 23.5 Å². The maximum atomic E-state index is 10.1. The fourth-order valence-corrected chi connectivity index (χ4v) is 4.26. The monoisotopic (exact) mass is 295 g/mol. The Morgan fingerprint density at radius 3 is 2.56 bits per heavy atom. The Labute approximate surface area is 115 Å². The summed E-state index contributed by atoms with van der Waals surface area (Å²) in [6.07, 6.45) is 3.14. The van der Waals surface area contributed by atoms with Gasteiger partial charge in [-0.3, -0.25) is 0 Å². The van der Waals surface area contributed by atoms with E-state index < -0.39 is 12.3 Å². The molecular weight excluding hydrogens is 269 g/mol. The Morgan fingerprint density at radius 1 is 1.44 bits per heavy atom. The van der Waals surface area contributed by atoms with Gasteiger partial charge < -0.3 is 20.3 Å². The van der Waals surface area contributed by atoms with Crippen molar-refractivity contribution in [3.8, 4) is 0 Å². The van der Waals surface area contributed by atoms with Gasteiger partial charge in [0.2, 0.25) is 6.49 Å². The van der Waals surface area contributed by atoms with E-state index >= 15 is 0 Å². The van der Waals surface area contributed by atoms with Crippen LogP contribution in [0.15, 0.2) is 0 Å². The van der Waals surface area contributed by atoms with E-state index in [1.807, 2.05) is 0 Å². The molecule has 0 aromatic carbocycles. The second-order valence-electron chi connectivity index (χ2n) is 5.75. The zero-order valence-electron chi connectivity index (χ0n) is 11.5. The van der Waals surface area contributed by atoms with Gasteiger partial charge in [-0.15, -0.1) is 0 Å². The molecule has 0 heterocycles. The molecule has 0 saturated heterocycles. The van der Waals surface area contributed by atoms with E-state index in [4.69, 9.17) is 22.1 Å². The van der Waals surface area contributed by atoms with Crippen molar-refractivity contribution in [3.05, 3.63) is 0 Å². The molecule has 108 valence electrons. The summed E-state index contributed by atoms with van der Waals surface area (Å²) in [6, 6.07) is 0. The Morgan fingerprint density at radius 2 is 2.06 bits per heavy atom. The fraction of sp³-hybridized carbons (Fsp3) is 1.00. The first-order valence-corrected chi connectivity index (χ1v) is 9.41. The Kier molecular flexibility index (Phi) is 6.23. The van der Waals surface area contributed by atoms with Crippen LogP contribution in [0.3, 0.4) is 0 Å². The molecule has 1 saturated carbocycles. The summed E-state index contributed by atoms with van der Waals surface area (Å²) < 4.78 is 5.73. The third-order valence-corrected chi connectivity index (χ3v) is 6.36. The summed E-state index contributed by atoms with van der Waals surface area (Å²) in [5, 5.41) is 9.65. The van der Waals surface area contributed by atoms with E-state index in [-0.39, 0.29) is 12.6 Å². The molecule has 0 spiro atoms. The minimum absolute atomic E-state index is 0.0502. The predicted molar refractivity (Wildman–Crippen MR) is 77.8 cm³/mol. The molecule has 1 aliphatic carbocycles. The van der Waals surface area contributed by atoms with E-state index in [0.717, 1.165) is 12.8 Å². The van der Waals surface area contributed by atoms with E-state index in [0.29, 0.717) is 17.8 Å². The lowest BCUT2D eigenvalue weighted by Gasteiger charge is -2.39. The number of hydrogen-bond acceptors (Lipinski definition) is 4. The van der Waals surface area contributed by atoms with Gasteiger partial charge in [-0.05, 0) is 42.4 Å². The predicted octanol–water partition coefficient (Wildman–Crippen LogP) is 2.04. The molecule has 5 unspecified atom stereocenters. The van der Waals surface area contributed by atoms with Gasteiger partial charge >= 0.3 is 0 Å². The molecule has 4 N–H and O–H groups in total. The SMILES string of the molecule is CC1CCC(C(C)C)C(OP(O)(=S)C(O)CN)C1. The molecule has 6 heteroatoms. The molecule has 0 aliphatic heterocycles. The maximum Gasteiger partial charge on any atom is 0.216 e. The second-order valence-corrected chi connectivity index (χ2v) is 9.26. The summed E-state index contributed by atoms with van der Waals surface area (Å²) in [6.45, 7) is 3.27. The van der Waals surface area contributed by atoms with Crippen LogP contribution < -0.4 is 5.73 Å². The van der Waals surface area contributed by atoms with E-state index in [2.05, 4.69) is 20.8 Å². The van der Waals surface area contributed by atoms with E-state index in [1.54, 1.807) is 0 Å². The first-order chi connectivity index (χ1) is 8.27. The molecule has 0 bridgehead atoms. The molecule has 0 aromatic heterocycles. The smallest absolute Gasteiger partial charge is 0.216 e. The van der Waals surface area contributed by atoms with Crippen LogP contribution in [0.25, 0.3) is 0 Å². The van der Waals surface area contributed by atoms with Crippen molar-refractivity contribution in [2.75, 3.05) is 6.54 Å². The van der Waals surface area contributed by atoms with Gasteiger partial charge in [0.05, 0.1) is 6.10 Å². The molecule has 0 amide bonds. The lowest BCUT2D eigenvalue weighted by Crippen LogP contribution is -2.35. The number of hydrogen-bond donors (Lipinski definition) is 3. The van der Waals surface area contributed by atoms with Gasteiger partial charge in [0.25, 0.3) is 0 Å². The van der Waals surface area contributed by atoms with Crippen LogP contribution >= 0.6 is 6.49 Å². The van der Waals surface area contributed by atoms with Crippen LogP contribution in [-0.4, -0.2) is 28.5 Å². The minimum Gasteiger partial charge on any atom is -0.382 e. The molecule has 1 rings (SSSR count). The van der Waals surface area contributed by atoms with Gasteiger partial charge in [-0.25, -0.2) is 0 Å². The van der Waals surface area contributed by atoms with Crippen molar-refractivity contribution < 1.29 is 14.5 Å². The van der Waals surface area contributed by atoms with E-state index in [1.165, 1.54) is 6.42 Å². The van der Waals surface area contributed by atoms with Crippen LogP contribution in [-0.2, 0) is 16.3 Å². The topological polar surface area (TPSA) is 75.7 Å². The molecule has 5 atom stereocenters. The van der Waals surface area contributed by atoms with Crippen molar-refractivity contribution >= 4 is 18.3 Å². The number of aliphatic hydroxyl groups is 1. The molecule has 1 aliphatic rings. The van der Waals surface area contributed by atoms with Gasteiger partial charge in [0.1, 0.15) is 5.85 Å². The molecule has 0 radical (unpaired) electrons. The van der Waals surface area contributed by atoms with Crippen molar-refractivity contribution in [3.63, 3.8) is 0 Å². The molecule has 0 aromatic rings. The van der Waals surface area contributed by atoms with Crippen LogP contribution in [0, 0.1) is 17.8 Å². The quantitative estimate of drug-likeness (QED) is 0.677. The number of rotatable bonds is 5. The van der Waals surface area contributed by atoms with Crippen LogP contribution in [0.4, 0.5) is 0 Å². The Balaban J connectivity index is 2.74. The fourth-order valence-electron chi connectivity index (χ4n) is 2.63. The van der Waals surface area contributed by atoms with Gasteiger partial charge in [0.15, 0.2) is 0 Å². The highest BCUT2D eigenvalue weighted by molar-refractivity contribution is 8.09. The maximum absolute atomic E-state index is 10.1. The summed E-state index contributed by atoms with van der Waals surface area (Å²) in [5.41, 5.74) is 5.36. The highest BCUT2D eigenvalue weighted by atomic mass is 32.5. The summed E-state index contributed by atoms with van der Waals surface area (Å²) in [5.74, 6) is 0.362. The Bertz CT molecular complexity index is 314. The van der Waals surface area contributed by atoms with Crippen LogP contribution in [0.1, 0.15) is 40.0 Å². The van der Waals surface area contributed by atoms with Crippen LogP contribution in [0.2, 0.25) is 0 Å². The first kappa shape index (κ1) is 16.5. The standard InChI is InChI=1S/C12H26NO3PS/c1-8(2)10-5-4-9(3)6-11(10)16-17(15,18)12(14)7-13/h8-12,14H,4-7,13H2,1-3H3,(H,15,18). The summed E-state index contributed by atoms with van der Waals surface area (Å²) in [4.78, 5) is 10.1. The average Bonchev–Trinajstić information content (AvgIpc) is 2.26. The molecule has 1 fully saturated rings. The number of aliphatic hydroxyl groups excluding tert-OH is 1. The summed E-state index contributed by atoms with van der Waals surface area (Å²) in [7, 11) is 0. The zero-order valence-corrected chi connectivity index (χ0v) is 13.2. The highest BCUT2D eigenvalue weighted by Gasteiger charge is 2.36. The minimum atomic E-state index is -3.19. The van der Waals surface area contributed by atoms with Crippen molar-refractivity contribution in [1.29, 1.82) is 0 Å². The normalized spacial score (nSPS) is 34.3. The highest BCUT2D eigenvalue weighted by Crippen LogP contribution is 2.51. The third kappa shape index (κ3) is 4.26. The molecular formula is C12H26NO3PS. The van der Waals surface area contributed by atoms with Crippen molar-refractivity contribution in [2.45, 2.75) is 52.0 Å². The molecule has 18 heavy (non-hydrogen) atoms. The Hall–Kier alpha value is 0.490. The molecule has 4 nitrogen and oxygen atoms in total. The zero-order chi connectivity index (χ0) is 13.9. The third-order valence-electron chi connectivity index (χ3n) is 3.84. The van der Waals surface area contributed by atoms with Gasteiger partial charge in [-0.2, -0.15) is 0 Å². The first-order valence-electron chi connectivity index (χ1n) is 6.67. The van der Waals surface area contributed by atoms with Crippen LogP contribution in [0.5, 0.6) is 0 Å². The van der Waals surface area contributed by atoms with Crippen molar-refractivity contribution in [1.82, 2.24) is 0 Å². The van der Waals surface area contributed by atoms with E-state index in [9.17, 15) is 10.00 Å². The lowest BCUT2D eigenvalue weighted by molar-refractivity contribution is 0.0394. The lowest BCUT2D eigenvalue weighted by atomic mass is 9.75.